The van der Waals surface area contributed by atoms with E-state index in [0.717, 1.165) is 5.56 Å². The molecular weight excluding hydrogens is 355 g/mol. The van der Waals surface area contributed by atoms with Gasteiger partial charge in [0.2, 0.25) is 17.2 Å². The van der Waals surface area contributed by atoms with Gasteiger partial charge in [0.1, 0.15) is 0 Å². The van der Waals surface area contributed by atoms with Crippen LogP contribution in [0.4, 0.5) is 5.88 Å². The SMILES string of the molecule is CCOP(=O)(OCC)c1nc(Cc2ccccc2)oc1N1CCOCC1. The van der Waals surface area contributed by atoms with Gasteiger partial charge in [-0.15, -0.1) is 0 Å². The maximum Gasteiger partial charge on any atom is 0.385 e. The number of benzene rings is 1. The summed E-state index contributed by atoms with van der Waals surface area (Å²) in [5.41, 5.74) is 1.32. The van der Waals surface area contributed by atoms with Gasteiger partial charge in [0.15, 0.2) is 0 Å². The lowest BCUT2D eigenvalue weighted by Gasteiger charge is -2.27. The van der Waals surface area contributed by atoms with E-state index in [4.69, 9.17) is 18.2 Å². The second kappa shape index (κ2) is 8.82. The fraction of sp³-hybridized carbons (Fsp3) is 0.500. The number of hydrogen-bond acceptors (Lipinski definition) is 7. The highest BCUT2D eigenvalue weighted by Gasteiger charge is 2.37. The maximum absolute atomic E-state index is 13.3. The van der Waals surface area contributed by atoms with E-state index in [1.54, 1.807) is 13.8 Å². The van der Waals surface area contributed by atoms with Gasteiger partial charge in [-0.3, -0.25) is 4.57 Å². The van der Waals surface area contributed by atoms with Gasteiger partial charge < -0.3 is 23.1 Å². The Bertz CT molecular complexity index is 733. The molecule has 1 fully saturated rings. The number of rotatable bonds is 8. The Labute approximate surface area is 153 Å². The van der Waals surface area contributed by atoms with E-state index in [9.17, 15) is 4.57 Å². The van der Waals surface area contributed by atoms with Crippen molar-refractivity contribution in [2.45, 2.75) is 20.3 Å². The molecular formula is C18H25N2O5P. The van der Waals surface area contributed by atoms with E-state index in [1.165, 1.54) is 0 Å². The third-order valence-corrected chi connectivity index (χ3v) is 6.00. The molecule has 7 nitrogen and oxygen atoms in total. The Balaban J connectivity index is 1.97. The highest BCUT2D eigenvalue weighted by molar-refractivity contribution is 7.62. The van der Waals surface area contributed by atoms with Gasteiger partial charge in [-0.05, 0) is 19.4 Å². The molecule has 26 heavy (non-hydrogen) atoms. The van der Waals surface area contributed by atoms with Crippen LogP contribution in [0, 0.1) is 0 Å². The predicted octanol–water partition coefficient (Wildman–Crippen LogP) is 2.99. The van der Waals surface area contributed by atoms with Crippen molar-refractivity contribution >= 4 is 18.9 Å². The monoisotopic (exact) mass is 380 g/mol. The number of ether oxygens (including phenoxy) is 1. The zero-order valence-corrected chi connectivity index (χ0v) is 16.1. The molecule has 0 radical (unpaired) electrons. The van der Waals surface area contributed by atoms with Crippen LogP contribution in [0.2, 0.25) is 0 Å². The van der Waals surface area contributed by atoms with Crippen LogP contribution in [0.1, 0.15) is 25.3 Å². The zero-order valence-electron chi connectivity index (χ0n) is 15.2. The van der Waals surface area contributed by atoms with Crippen LogP contribution in [0.3, 0.4) is 0 Å². The van der Waals surface area contributed by atoms with Crippen LogP contribution in [0.15, 0.2) is 34.7 Å². The van der Waals surface area contributed by atoms with Crippen LogP contribution in [-0.2, 0) is 24.8 Å². The van der Waals surface area contributed by atoms with Crippen LogP contribution in [0.25, 0.3) is 0 Å². The highest BCUT2D eigenvalue weighted by atomic mass is 31.2. The summed E-state index contributed by atoms with van der Waals surface area (Å²) in [5, 5.41) is 0. The van der Waals surface area contributed by atoms with Crippen LogP contribution in [0.5, 0.6) is 0 Å². The molecule has 1 aliphatic rings. The van der Waals surface area contributed by atoms with E-state index in [2.05, 4.69) is 4.98 Å². The van der Waals surface area contributed by atoms with Gasteiger partial charge >= 0.3 is 7.60 Å². The standard InChI is InChI=1S/C18H25N2O5P/c1-3-23-26(21,24-4-2)17-18(20-10-12-22-13-11-20)25-16(19-17)14-15-8-6-5-7-9-15/h5-9H,3-4,10-14H2,1-2H3. The van der Waals surface area contributed by atoms with Gasteiger partial charge in [-0.1, -0.05) is 30.3 Å². The molecule has 1 saturated heterocycles. The average Bonchev–Trinajstić information content (AvgIpc) is 3.08. The van der Waals surface area contributed by atoms with Gasteiger partial charge in [0.25, 0.3) is 0 Å². The maximum atomic E-state index is 13.3. The van der Waals surface area contributed by atoms with E-state index >= 15 is 0 Å². The summed E-state index contributed by atoms with van der Waals surface area (Å²) in [5.74, 6) is 0.955. The summed E-state index contributed by atoms with van der Waals surface area (Å²) >= 11 is 0. The molecule has 142 valence electrons. The molecule has 1 aliphatic heterocycles. The van der Waals surface area contributed by atoms with E-state index < -0.39 is 7.60 Å². The molecule has 0 aliphatic carbocycles. The van der Waals surface area contributed by atoms with Crippen molar-refractivity contribution in [2.24, 2.45) is 0 Å². The fourth-order valence-corrected chi connectivity index (χ4v) is 4.50. The smallest absolute Gasteiger partial charge is 0.385 e. The molecule has 3 rings (SSSR count). The third kappa shape index (κ3) is 4.35. The summed E-state index contributed by atoms with van der Waals surface area (Å²) in [4.78, 5) is 6.52. The lowest BCUT2D eigenvalue weighted by atomic mass is 10.2. The first kappa shape index (κ1) is 19.1. The summed E-state index contributed by atoms with van der Waals surface area (Å²) < 4.78 is 35.8. The lowest BCUT2D eigenvalue weighted by Crippen LogP contribution is -2.38. The number of morpholine rings is 1. The minimum Gasteiger partial charge on any atom is -0.424 e. The Morgan fingerprint density at radius 3 is 2.38 bits per heavy atom. The van der Waals surface area contributed by atoms with Gasteiger partial charge in [0, 0.05) is 19.5 Å². The zero-order chi connectivity index (χ0) is 18.4. The number of nitrogens with zero attached hydrogens (tertiary/aromatic N) is 2. The van der Waals surface area contributed by atoms with Gasteiger partial charge in [0.05, 0.1) is 26.4 Å². The van der Waals surface area contributed by atoms with E-state index in [0.29, 0.717) is 44.5 Å². The van der Waals surface area contributed by atoms with Crippen molar-refractivity contribution < 1.29 is 22.8 Å². The normalized spacial score (nSPS) is 15.4. The Kier molecular flexibility index (Phi) is 6.48. The first-order chi connectivity index (χ1) is 12.7. The van der Waals surface area contributed by atoms with Crippen LogP contribution >= 0.6 is 7.60 Å². The quantitative estimate of drug-likeness (QED) is 0.652. The predicted molar refractivity (Wildman–Crippen MR) is 99.3 cm³/mol. The molecule has 1 aromatic carbocycles. The van der Waals surface area contributed by atoms with Crippen molar-refractivity contribution in [3.63, 3.8) is 0 Å². The van der Waals surface area contributed by atoms with E-state index in [1.807, 2.05) is 35.2 Å². The average molecular weight is 380 g/mol. The minimum absolute atomic E-state index is 0.258. The van der Waals surface area contributed by atoms with Crippen LogP contribution in [-0.4, -0.2) is 44.5 Å². The Morgan fingerprint density at radius 1 is 1.12 bits per heavy atom. The Morgan fingerprint density at radius 2 is 1.77 bits per heavy atom. The molecule has 0 saturated carbocycles. The summed E-state index contributed by atoms with van der Waals surface area (Å²) in [6, 6.07) is 9.90. The minimum atomic E-state index is -3.55. The molecule has 2 aromatic rings. The Hall–Kier alpha value is -1.66. The molecule has 8 heteroatoms. The second-order valence-corrected chi connectivity index (χ2v) is 7.77. The number of anilines is 1. The second-order valence-electron chi connectivity index (χ2n) is 5.83. The van der Waals surface area contributed by atoms with Crippen molar-refractivity contribution in [2.75, 3.05) is 44.4 Å². The molecule has 0 spiro atoms. The van der Waals surface area contributed by atoms with Gasteiger partial charge in [-0.2, -0.15) is 0 Å². The van der Waals surface area contributed by atoms with Crippen molar-refractivity contribution in [3.05, 3.63) is 41.8 Å². The first-order valence-corrected chi connectivity index (χ1v) is 10.5. The summed E-state index contributed by atoms with van der Waals surface area (Å²) in [6.45, 7) is 6.55. The third-order valence-electron chi connectivity index (χ3n) is 3.99. The van der Waals surface area contributed by atoms with Crippen molar-refractivity contribution in [1.29, 1.82) is 0 Å². The topological polar surface area (TPSA) is 74.0 Å². The van der Waals surface area contributed by atoms with Crippen LogP contribution < -0.4 is 10.3 Å². The summed E-state index contributed by atoms with van der Waals surface area (Å²) in [7, 11) is -3.55. The number of hydrogen-bond donors (Lipinski definition) is 0. The van der Waals surface area contributed by atoms with Gasteiger partial charge in [-0.25, -0.2) is 4.98 Å². The van der Waals surface area contributed by atoms with Crippen molar-refractivity contribution in [3.8, 4) is 0 Å². The highest BCUT2D eigenvalue weighted by Crippen LogP contribution is 2.49. The molecule has 2 heterocycles. The summed E-state index contributed by atoms with van der Waals surface area (Å²) in [6.07, 6.45) is 0.510. The van der Waals surface area contributed by atoms with Crippen molar-refractivity contribution in [1.82, 2.24) is 4.98 Å². The largest absolute Gasteiger partial charge is 0.424 e. The molecule has 0 bridgehead atoms. The molecule has 1 aromatic heterocycles. The fourth-order valence-electron chi connectivity index (χ4n) is 2.84. The molecule has 0 N–H and O–H groups in total. The van der Waals surface area contributed by atoms with E-state index in [-0.39, 0.29) is 18.6 Å². The molecule has 0 unspecified atom stereocenters. The lowest BCUT2D eigenvalue weighted by molar-refractivity contribution is 0.120. The number of oxazole rings is 1. The molecule has 0 atom stereocenters. The first-order valence-electron chi connectivity index (χ1n) is 8.92. The number of aromatic nitrogens is 1. The molecule has 0 amide bonds.